The molecular weight excluding hydrogens is 335 g/mol. The number of carboxylic acid groups (broad SMARTS) is 1. The molecule has 0 saturated carbocycles. The zero-order chi connectivity index (χ0) is 18.5. The normalized spacial score (nSPS) is 10.4. The van der Waals surface area contributed by atoms with E-state index in [1.165, 1.54) is 24.3 Å². The van der Waals surface area contributed by atoms with Gasteiger partial charge in [0.2, 0.25) is 0 Å². The van der Waals surface area contributed by atoms with E-state index in [9.17, 15) is 9.18 Å². The van der Waals surface area contributed by atoms with Crippen LogP contribution in [-0.4, -0.2) is 21.0 Å². The van der Waals surface area contributed by atoms with Gasteiger partial charge in [0.1, 0.15) is 23.3 Å². The highest BCUT2D eigenvalue weighted by molar-refractivity contribution is 5.89. The summed E-state index contributed by atoms with van der Waals surface area (Å²) < 4.78 is 13.0. The molecule has 1 aromatic heterocycles. The molecule has 3 aromatic rings. The van der Waals surface area contributed by atoms with Crippen molar-refractivity contribution in [3.63, 3.8) is 0 Å². The number of aromatic carboxylic acids is 1. The summed E-state index contributed by atoms with van der Waals surface area (Å²) in [5.41, 5.74) is 1.73. The lowest BCUT2D eigenvalue weighted by atomic mass is 10.2. The Morgan fingerprint density at radius 2 is 1.81 bits per heavy atom. The first-order valence-corrected chi connectivity index (χ1v) is 7.94. The third-order valence-corrected chi connectivity index (χ3v) is 3.61. The molecule has 0 unspecified atom stereocenters. The van der Waals surface area contributed by atoms with Gasteiger partial charge in [-0.3, -0.25) is 0 Å². The molecule has 6 nitrogen and oxygen atoms in total. The monoisotopic (exact) mass is 352 g/mol. The maximum absolute atomic E-state index is 13.0. The van der Waals surface area contributed by atoms with Crippen LogP contribution in [0, 0.1) is 12.7 Å². The molecule has 0 aliphatic heterocycles. The van der Waals surface area contributed by atoms with Crippen molar-refractivity contribution in [3.8, 4) is 0 Å². The number of aromatic nitrogens is 2. The third kappa shape index (κ3) is 4.54. The minimum atomic E-state index is -0.992. The van der Waals surface area contributed by atoms with Gasteiger partial charge in [-0.25, -0.2) is 19.2 Å². The highest BCUT2D eigenvalue weighted by atomic mass is 19.1. The minimum absolute atomic E-state index is 0.190. The molecule has 0 bridgehead atoms. The Morgan fingerprint density at radius 3 is 2.54 bits per heavy atom. The van der Waals surface area contributed by atoms with Crippen molar-refractivity contribution in [2.75, 3.05) is 10.6 Å². The second-order valence-electron chi connectivity index (χ2n) is 5.68. The quantitative estimate of drug-likeness (QED) is 0.622. The standard InChI is InChI=1S/C19H17FN4O2/c1-12-22-17(21-11-13-5-7-15(20)8-6-13)10-18(23-12)24-16-4-2-3-14(9-16)19(25)26/h2-10H,11H2,1H3,(H,25,26)(H2,21,22,23,24). The van der Waals surface area contributed by atoms with Gasteiger partial charge in [-0.05, 0) is 42.8 Å². The second kappa shape index (κ2) is 7.60. The molecule has 0 radical (unpaired) electrons. The maximum Gasteiger partial charge on any atom is 0.335 e. The van der Waals surface area contributed by atoms with Crippen LogP contribution in [0.2, 0.25) is 0 Å². The van der Waals surface area contributed by atoms with Crippen molar-refractivity contribution in [1.82, 2.24) is 9.97 Å². The first-order chi connectivity index (χ1) is 12.5. The van der Waals surface area contributed by atoms with Crippen LogP contribution in [0.4, 0.5) is 21.7 Å². The molecule has 0 atom stereocenters. The molecule has 0 aliphatic rings. The van der Waals surface area contributed by atoms with Gasteiger partial charge in [0, 0.05) is 18.3 Å². The van der Waals surface area contributed by atoms with Gasteiger partial charge in [-0.1, -0.05) is 18.2 Å². The van der Waals surface area contributed by atoms with Crippen LogP contribution in [0.3, 0.4) is 0 Å². The predicted octanol–water partition coefficient (Wildman–Crippen LogP) is 3.98. The van der Waals surface area contributed by atoms with Crippen molar-refractivity contribution in [3.05, 3.63) is 77.4 Å². The number of rotatable bonds is 6. The van der Waals surface area contributed by atoms with Gasteiger partial charge >= 0.3 is 5.97 Å². The number of hydrogen-bond acceptors (Lipinski definition) is 5. The molecule has 2 aromatic carbocycles. The fourth-order valence-corrected chi connectivity index (χ4v) is 2.40. The van der Waals surface area contributed by atoms with Crippen molar-refractivity contribution in [1.29, 1.82) is 0 Å². The second-order valence-corrected chi connectivity index (χ2v) is 5.68. The zero-order valence-electron chi connectivity index (χ0n) is 14.0. The van der Waals surface area contributed by atoms with E-state index in [1.807, 2.05) is 0 Å². The van der Waals surface area contributed by atoms with Crippen LogP contribution >= 0.6 is 0 Å². The van der Waals surface area contributed by atoms with Crippen LogP contribution in [0.25, 0.3) is 0 Å². The van der Waals surface area contributed by atoms with E-state index in [1.54, 1.807) is 37.3 Å². The third-order valence-electron chi connectivity index (χ3n) is 3.61. The summed E-state index contributed by atoms with van der Waals surface area (Å²) >= 11 is 0. The smallest absolute Gasteiger partial charge is 0.335 e. The summed E-state index contributed by atoms with van der Waals surface area (Å²) in [4.78, 5) is 19.7. The Bertz CT molecular complexity index is 929. The Hall–Kier alpha value is -3.48. The number of nitrogens with zero attached hydrogens (tertiary/aromatic N) is 2. The summed E-state index contributed by atoms with van der Waals surface area (Å²) in [5.74, 6) is 0.447. The Labute approximate surface area is 149 Å². The maximum atomic E-state index is 13.0. The molecule has 0 spiro atoms. The van der Waals surface area contributed by atoms with E-state index in [-0.39, 0.29) is 11.4 Å². The summed E-state index contributed by atoms with van der Waals surface area (Å²) in [7, 11) is 0. The van der Waals surface area contributed by atoms with Crippen LogP contribution < -0.4 is 10.6 Å². The number of aryl methyl sites for hydroxylation is 1. The predicted molar refractivity (Wildman–Crippen MR) is 97.2 cm³/mol. The SMILES string of the molecule is Cc1nc(NCc2ccc(F)cc2)cc(Nc2cccc(C(=O)O)c2)n1. The lowest BCUT2D eigenvalue weighted by molar-refractivity contribution is 0.0697. The molecule has 3 rings (SSSR count). The number of anilines is 3. The molecule has 132 valence electrons. The number of carbonyl (C=O) groups is 1. The van der Waals surface area contributed by atoms with E-state index in [4.69, 9.17) is 5.11 Å². The molecule has 0 aliphatic carbocycles. The molecule has 0 saturated heterocycles. The van der Waals surface area contributed by atoms with Gasteiger partial charge in [-0.2, -0.15) is 0 Å². The highest BCUT2D eigenvalue weighted by Crippen LogP contribution is 2.19. The lowest BCUT2D eigenvalue weighted by Gasteiger charge is -2.11. The van der Waals surface area contributed by atoms with Gasteiger partial charge < -0.3 is 15.7 Å². The van der Waals surface area contributed by atoms with E-state index in [0.29, 0.717) is 29.7 Å². The Kier molecular flexibility index (Phi) is 5.07. The summed E-state index contributed by atoms with van der Waals surface area (Å²) in [6.07, 6.45) is 0. The topological polar surface area (TPSA) is 87.1 Å². The van der Waals surface area contributed by atoms with E-state index in [2.05, 4.69) is 20.6 Å². The van der Waals surface area contributed by atoms with Gasteiger partial charge in [0.05, 0.1) is 5.56 Å². The fourth-order valence-electron chi connectivity index (χ4n) is 2.40. The summed E-state index contributed by atoms with van der Waals surface area (Å²) in [6, 6.07) is 14.4. The minimum Gasteiger partial charge on any atom is -0.478 e. The lowest BCUT2D eigenvalue weighted by Crippen LogP contribution is -2.05. The average molecular weight is 352 g/mol. The zero-order valence-corrected chi connectivity index (χ0v) is 14.0. The molecule has 0 amide bonds. The van der Waals surface area contributed by atoms with Crippen molar-refractivity contribution < 1.29 is 14.3 Å². The van der Waals surface area contributed by atoms with Gasteiger partial charge in [0.25, 0.3) is 0 Å². The van der Waals surface area contributed by atoms with Crippen molar-refractivity contribution in [2.45, 2.75) is 13.5 Å². The Morgan fingerprint density at radius 1 is 1.08 bits per heavy atom. The largest absolute Gasteiger partial charge is 0.478 e. The first kappa shape index (κ1) is 17.3. The average Bonchev–Trinajstić information content (AvgIpc) is 2.61. The number of benzene rings is 2. The van der Waals surface area contributed by atoms with Crippen LogP contribution in [0.1, 0.15) is 21.7 Å². The number of halogens is 1. The van der Waals surface area contributed by atoms with Crippen LogP contribution in [0.5, 0.6) is 0 Å². The molecule has 3 N–H and O–H groups in total. The van der Waals surface area contributed by atoms with Crippen molar-refractivity contribution in [2.24, 2.45) is 0 Å². The van der Waals surface area contributed by atoms with Gasteiger partial charge in [0.15, 0.2) is 0 Å². The molecular formula is C19H17FN4O2. The Balaban J connectivity index is 1.74. The van der Waals surface area contributed by atoms with E-state index in [0.717, 1.165) is 5.56 Å². The highest BCUT2D eigenvalue weighted by Gasteiger charge is 2.06. The number of hydrogen-bond donors (Lipinski definition) is 3. The molecule has 1 heterocycles. The number of carboxylic acids is 1. The molecule has 26 heavy (non-hydrogen) atoms. The number of nitrogens with one attached hydrogen (secondary N) is 2. The molecule has 0 fully saturated rings. The van der Waals surface area contributed by atoms with E-state index >= 15 is 0 Å². The van der Waals surface area contributed by atoms with Crippen molar-refractivity contribution >= 4 is 23.3 Å². The summed E-state index contributed by atoms with van der Waals surface area (Å²) in [5, 5.41) is 15.3. The fraction of sp³-hybridized carbons (Fsp3) is 0.105. The first-order valence-electron chi connectivity index (χ1n) is 7.94. The summed E-state index contributed by atoms with van der Waals surface area (Å²) in [6.45, 7) is 2.26. The van der Waals surface area contributed by atoms with Crippen LogP contribution in [-0.2, 0) is 6.54 Å². The van der Waals surface area contributed by atoms with Crippen LogP contribution in [0.15, 0.2) is 54.6 Å². The van der Waals surface area contributed by atoms with E-state index < -0.39 is 5.97 Å². The molecule has 7 heteroatoms. The van der Waals surface area contributed by atoms with Gasteiger partial charge in [-0.15, -0.1) is 0 Å².